The first-order valence-electron chi connectivity index (χ1n) is 7.43. The number of benzene rings is 2. The van der Waals surface area contributed by atoms with Crippen LogP contribution in [0.1, 0.15) is 25.5 Å². The van der Waals surface area contributed by atoms with Crippen LogP contribution >= 0.6 is 11.6 Å². The summed E-state index contributed by atoms with van der Waals surface area (Å²) in [6.45, 7) is 3.37. The molecular formula is C18H18ClF2NO2. The van der Waals surface area contributed by atoms with E-state index in [0.717, 1.165) is 12.1 Å². The van der Waals surface area contributed by atoms with Gasteiger partial charge in [-0.2, -0.15) is 0 Å². The van der Waals surface area contributed by atoms with Gasteiger partial charge in [-0.1, -0.05) is 17.7 Å². The van der Waals surface area contributed by atoms with Crippen LogP contribution in [0.3, 0.4) is 0 Å². The summed E-state index contributed by atoms with van der Waals surface area (Å²) in [4.78, 5) is 13.9. The molecule has 0 saturated heterocycles. The SMILES string of the molecule is CC(Oc1ccc(Cl)cc1)C(=O)N(C)C(C)c1ccc(F)c(F)c1. The molecule has 2 unspecified atom stereocenters. The molecule has 0 bridgehead atoms. The highest BCUT2D eigenvalue weighted by Crippen LogP contribution is 2.23. The Morgan fingerprint density at radius 2 is 1.71 bits per heavy atom. The Balaban J connectivity index is 2.06. The zero-order valence-corrected chi connectivity index (χ0v) is 14.3. The van der Waals surface area contributed by atoms with E-state index in [2.05, 4.69) is 0 Å². The van der Waals surface area contributed by atoms with Crippen molar-refractivity contribution in [2.24, 2.45) is 0 Å². The molecule has 0 spiro atoms. The molecule has 2 rings (SSSR count). The molecule has 0 fully saturated rings. The Morgan fingerprint density at radius 3 is 2.29 bits per heavy atom. The predicted molar refractivity (Wildman–Crippen MR) is 89.1 cm³/mol. The molecule has 0 radical (unpaired) electrons. The van der Waals surface area contributed by atoms with Crippen molar-refractivity contribution < 1.29 is 18.3 Å². The summed E-state index contributed by atoms with van der Waals surface area (Å²) in [5.74, 6) is -1.61. The third kappa shape index (κ3) is 4.23. The molecule has 0 aromatic heterocycles. The van der Waals surface area contributed by atoms with E-state index in [4.69, 9.17) is 16.3 Å². The highest BCUT2D eigenvalue weighted by atomic mass is 35.5. The fourth-order valence-corrected chi connectivity index (χ4v) is 2.37. The first kappa shape index (κ1) is 18.2. The molecule has 0 aliphatic rings. The van der Waals surface area contributed by atoms with E-state index in [1.165, 1.54) is 11.0 Å². The molecule has 0 aliphatic carbocycles. The van der Waals surface area contributed by atoms with Crippen LogP contribution < -0.4 is 4.74 Å². The van der Waals surface area contributed by atoms with Crippen LogP contribution in [0.5, 0.6) is 5.75 Å². The van der Waals surface area contributed by atoms with E-state index in [1.54, 1.807) is 45.2 Å². The van der Waals surface area contributed by atoms with Crippen molar-refractivity contribution in [2.75, 3.05) is 7.05 Å². The van der Waals surface area contributed by atoms with Gasteiger partial charge in [-0.05, 0) is 55.8 Å². The van der Waals surface area contributed by atoms with E-state index in [9.17, 15) is 13.6 Å². The minimum Gasteiger partial charge on any atom is -0.481 e. The van der Waals surface area contributed by atoms with Crippen molar-refractivity contribution in [3.05, 3.63) is 64.7 Å². The second-order valence-electron chi connectivity index (χ2n) is 5.51. The molecule has 1 amide bonds. The Hall–Kier alpha value is -2.14. The quantitative estimate of drug-likeness (QED) is 0.786. The summed E-state index contributed by atoms with van der Waals surface area (Å²) >= 11 is 5.81. The summed E-state index contributed by atoms with van der Waals surface area (Å²) in [5.41, 5.74) is 0.503. The number of hydrogen-bond donors (Lipinski definition) is 0. The van der Waals surface area contributed by atoms with Crippen LogP contribution in [-0.4, -0.2) is 24.0 Å². The lowest BCUT2D eigenvalue weighted by atomic mass is 10.1. The maximum absolute atomic E-state index is 13.4. The second kappa shape index (κ2) is 7.62. The molecule has 0 heterocycles. The summed E-state index contributed by atoms with van der Waals surface area (Å²) in [5, 5.41) is 0.574. The topological polar surface area (TPSA) is 29.5 Å². The van der Waals surface area contributed by atoms with Gasteiger partial charge in [-0.3, -0.25) is 4.79 Å². The number of likely N-dealkylation sites (N-methyl/N-ethyl adjacent to an activating group) is 1. The monoisotopic (exact) mass is 353 g/mol. The average molecular weight is 354 g/mol. The van der Waals surface area contributed by atoms with Crippen LogP contribution in [0.2, 0.25) is 5.02 Å². The molecule has 0 aliphatic heterocycles. The number of amides is 1. The molecule has 2 atom stereocenters. The molecule has 2 aromatic carbocycles. The van der Waals surface area contributed by atoms with Gasteiger partial charge in [0.1, 0.15) is 5.75 Å². The Morgan fingerprint density at radius 1 is 1.08 bits per heavy atom. The number of nitrogens with zero attached hydrogens (tertiary/aromatic N) is 1. The fourth-order valence-electron chi connectivity index (χ4n) is 2.24. The molecular weight excluding hydrogens is 336 g/mol. The molecule has 6 heteroatoms. The van der Waals surface area contributed by atoms with Gasteiger partial charge in [0.25, 0.3) is 5.91 Å². The van der Waals surface area contributed by atoms with Crippen molar-refractivity contribution >= 4 is 17.5 Å². The normalized spacial score (nSPS) is 13.2. The maximum atomic E-state index is 13.4. The molecule has 0 saturated carbocycles. The van der Waals surface area contributed by atoms with Gasteiger partial charge in [-0.15, -0.1) is 0 Å². The van der Waals surface area contributed by atoms with E-state index in [-0.39, 0.29) is 5.91 Å². The Labute approximate surface area is 144 Å². The third-order valence-electron chi connectivity index (χ3n) is 3.83. The van der Waals surface area contributed by atoms with Gasteiger partial charge in [0.2, 0.25) is 0 Å². The smallest absolute Gasteiger partial charge is 0.263 e. The minimum absolute atomic E-state index is 0.276. The average Bonchev–Trinajstić information content (AvgIpc) is 2.57. The lowest BCUT2D eigenvalue weighted by Crippen LogP contribution is -2.39. The van der Waals surface area contributed by atoms with Crippen LogP contribution in [0, 0.1) is 11.6 Å². The molecule has 3 nitrogen and oxygen atoms in total. The lowest BCUT2D eigenvalue weighted by Gasteiger charge is -2.28. The zero-order chi connectivity index (χ0) is 17.9. The largest absolute Gasteiger partial charge is 0.481 e. The van der Waals surface area contributed by atoms with Crippen molar-refractivity contribution in [2.45, 2.75) is 26.0 Å². The van der Waals surface area contributed by atoms with Crippen molar-refractivity contribution in [3.8, 4) is 5.75 Å². The van der Waals surface area contributed by atoms with Gasteiger partial charge >= 0.3 is 0 Å². The standard InChI is InChI=1S/C18H18ClF2NO2/c1-11(13-4-9-16(20)17(21)10-13)22(3)18(23)12(2)24-15-7-5-14(19)6-8-15/h4-12H,1-3H3. The van der Waals surface area contributed by atoms with Crippen LogP contribution in [-0.2, 0) is 4.79 Å². The minimum atomic E-state index is -0.939. The number of ether oxygens (including phenoxy) is 1. The van der Waals surface area contributed by atoms with E-state index in [0.29, 0.717) is 16.3 Å². The van der Waals surface area contributed by atoms with Crippen molar-refractivity contribution in [3.63, 3.8) is 0 Å². The lowest BCUT2D eigenvalue weighted by molar-refractivity contribution is -0.138. The first-order chi connectivity index (χ1) is 11.3. The molecule has 2 aromatic rings. The van der Waals surface area contributed by atoms with Crippen molar-refractivity contribution in [1.29, 1.82) is 0 Å². The number of hydrogen-bond acceptors (Lipinski definition) is 2. The van der Waals surface area contributed by atoms with Gasteiger partial charge in [0.05, 0.1) is 6.04 Å². The molecule has 128 valence electrons. The van der Waals surface area contributed by atoms with Crippen molar-refractivity contribution in [1.82, 2.24) is 4.90 Å². The summed E-state index contributed by atoms with van der Waals surface area (Å²) in [7, 11) is 1.59. The third-order valence-corrected chi connectivity index (χ3v) is 4.08. The van der Waals surface area contributed by atoms with Gasteiger partial charge < -0.3 is 9.64 Å². The highest BCUT2D eigenvalue weighted by molar-refractivity contribution is 6.30. The predicted octanol–water partition coefficient (Wildman–Crippen LogP) is 4.61. The van der Waals surface area contributed by atoms with Gasteiger partial charge in [0.15, 0.2) is 17.7 Å². The van der Waals surface area contributed by atoms with Crippen LogP contribution in [0.25, 0.3) is 0 Å². The molecule has 0 N–H and O–H groups in total. The molecule has 24 heavy (non-hydrogen) atoms. The summed E-state index contributed by atoms with van der Waals surface area (Å²) in [6, 6.07) is 9.85. The maximum Gasteiger partial charge on any atom is 0.263 e. The first-order valence-corrected chi connectivity index (χ1v) is 7.81. The van der Waals surface area contributed by atoms with E-state index < -0.39 is 23.8 Å². The highest BCUT2D eigenvalue weighted by Gasteiger charge is 2.24. The van der Waals surface area contributed by atoms with E-state index in [1.807, 2.05) is 0 Å². The fraction of sp³-hybridized carbons (Fsp3) is 0.278. The second-order valence-corrected chi connectivity index (χ2v) is 5.95. The Bertz CT molecular complexity index is 721. The van der Waals surface area contributed by atoms with E-state index >= 15 is 0 Å². The van der Waals surface area contributed by atoms with Crippen LogP contribution in [0.4, 0.5) is 8.78 Å². The number of halogens is 3. The number of carbonyl (C=O) groups is 1. The summed E-state index contributed by atoms with van der Waals surface area (Å²) < 4.78 is 32.0. The zero-order valence-electron chi connectivity index (χ0n) is 13.6. The summed E-state index contributed by atoms with van der Waals surface area (Å²) in [6.07, 6.45) is -0.732. The number of rotatable bonds is 5. The van der Waals surface area contributed by atoms with Gasteiger partial charge in [0, 0.05) is 12.1 Å². The van der Waals surface area contributed by atoms with Gasteiger partial charge in [-0.25, -0.2) is 8.78 Å². The number of carbonyl (C=O) groups excluding carboxylic acids is 1. The Kier molecular flexibility index (Phi) is 5.78. The van der Waals surface area contributed by atoms with Crippen LogP contribution in [0.15, 0.2) is 42.5 Å².